The van der Waals surface area contributed by atoms with Gasteiger partial charge in [0, 0.05) is 19.6 Å². The molecule has 6 heteroatoms. The number of halogens is 1. The number of alkyl halides is 1. The van der Waals surface area contributed by atoms with Crippen molar-refractivity contribution in [3.05, 3.63) is 0 Å². The maximum absolute atomic E-state index is 13.5. The molecule has 4 fully saturated rings. The summed E-state index contributed by atoms with van der Waals surface area (Å²) in [5.74, 6) is 1.30. The fourth-order valence-corrected chi connectivity index (χ4v) is 5.67. The van der Waals surface area contributed by atoms with Crippen molar-refractivity contribution >= 4 is 5.91 Å². The van der Waals surface area contributed by atoms with Crippen molar-refractivity contribution in [3.8, 4) is 6.07 Å². The number of nitrogens with zero attached hydrogens (tertiary/aromatic N) is 2. The Morgan fingerprint density at radius 3 is 2.83 bits per heavy atom. The van der Waals surface area contributed by atoms with Crippen molar-refractivity contribution in [2.24, 2.45) is 17.3 Å². The summed E-state index contributed by atoms with van der Waals surface area (Å²) < 4.78 is 19.1. The van der Waals surface area contributed by atoms with Gasteiger partial charge in [-0.15, -0.1) is 0 Å². The topological polar surface area (TPSA) is 65.4 Å². The average molecular weight is 335 g/mol. The standard InChI is InChI=1S/C18H26FN3O2/c1-24-14-4-11-5-16(18(2-3-18)15(11)7-14)21-9-17(23)22-10-12(19)6-13(22)8-20/h11-16,21H,2-7,9-10H2,1H3/t11-,12+,13+,14-,15-,16?/m1/s1. The van der Waals surface area contributed by atoms with Crippen LogP contribution < -0.4 is 5.32 Å². The maximum atomic E-state index is 13.5. The Morgan fingerprint density at radius 1 is 1.38 bits per heavy atom. The molecule has 1 N–H and O–H groups in total. The minimum atomic E-state index is -1.06. The molecule has 1 amide bonds. The lowest BCUT2D eigenvalue weighted by Gasteiger charge is -2.27. The zero-order valence-electron chi connectivity index (χ0n) is 14.2. The van der Waals surface area contributed by atoms with Gasteiger partial charge in [-0.3, -0.25) is 4.79 Å². The van der Waals surface area contributed by atoms with Gasteiger partial charge < -0.3 is 15.0 Å². The molecule has 0 aromatic rings. The van der Waals surface area contributed by atoms with E-state index in [-0.39, 0.29) is 25.4 Å². The van der Waals surface area contributed by atoms with E-state index in [0.717, 1.165) is 25.2 Å². The van der Waals surface area contributed by atoms with Crippen LogP contribution in [0.2, 0.25) is 0 Å². The van der Waals surface area contributed by atoms with Gasteiger partial charge in [0.1, 0.15) is 12.2 Å². The monoisotopic (exact) mass is 335 g/mol. The quantitative estimate of drug-likeness (QED) is 0.848. The molecule has 1 spiro atoms. The summed E-state index contributed by atoms with van der Waals surface area (Å²) in [5.41, 5.74) is 0.362. The lowest BCUT2D eigenvalue weighted by molar-refractivity contribution is -0.130. The highest BCUT2D eigenvalue weighted by Crippen LogP contribution is 2.67. The number of fused-ring (bicyclic) bond motifs is 2. The minimum Gasteiger partial charge on any atom is -0.381 e. The van der Waals surface area contributed by atoms with E-state index in [4.69, 9.17) is 10.00 Å². The highest BCUT2D eigenvalue weighted by molar-refractivity contribution is 5.79. The van der Waals surface area contributed by atoms with Crippen LogP contribution >= 0.6 is 0 Å². The molecule has 4 rings (SSSR count). The van der Waals surface area contributed by atoms with Crippen molar-refractivity contribution < 1.29 is 13.9 Å². The Morgan fingerprint density at radius 2 is 2.17 bits per heavy atom. The van der Waals surface area contributed by atoms with Gasteiger partial charge in [0.2, 0.25) is 5.91 Å². The molecule has 132 valence electrons. The third-order valence-corrected chi connectivity index (χ3v) is 7.00. The largest absolute Gasteiger partial charge is 0.381 e. The van der Waals surface area contributed by atoms with E-state index < -0.39 is 12.2 Å². The van der Waals surface area contributed by atoms with Crippen LogP contribution in [0.5, 0.6) is 0 Å². The SMILES string of the molecule is CO[C@@H]1C[C@@H]2CC(NCC(=O)N3C[C@@H](F)C[C@H]3C#N)C3(CC3)[C@@H]2C1. The number of methoxy groups -OCH3 is 1. The summed E-state index contributed by atoms with van der Waals surface area (Å²) in [6.45, 7) is 0.291. The van der Waals surface area contributed by atoms with Crippen molar-refractivity contribution in [2.75, 3.05) is 20.2 Å². The first kappa shape index (κ1) is 16.3. The molecule has 0 radical (unpaired) electrons. The second kappa shape index (κ2) is 5.96. The van der Waals surface area contributed by atoms with Crippen LogP contribution in [-0.4, -0.2) is 55.4 Å². The average Bonchev–Trinajstić information content (AvgIpc) is 3.00. The molecule has 24 heavy (non-hydrogen) atoms. The van der Waals surface area contributed by atoms with Crippen molar-refractivity contribution in [2.45, 2.75) is 62.9 Å². The zero-order valence-corrected chi connectivity index (χ0v) is 14.2. The Balaban J connectivity index is 1.34. The molecule has 5 nitrogen and oxygen atoms in total. The lowest BCUT2D eigenvalue weighted by atomic mass is 9.87. The molecule has 3 saturated carbocycles. The summed E-state index contributed by atoms with van der Waals surface area (Å²) in [5, 5.41) is 12.6. The zero-order chi connectivity index (χ0) is 16.9. The first-order chi connectivity index (χ1) is 11.6. The van der Waals surface area contributed by atoms with Gasteiger partial charge >= 0.3 is 0 Å². The fraction of sp³-hybridized carbons (Fsp3) is 0.889. The van der Waals surface area contributed by atoms with E-state index >= 15 is 0 Å². The molecular weight excluding hydrogens is 309 g/mol. The van der Waals surface area contributed by atoms with Crippen LogP contribution in [0.15, 0.2) is 0 Å². The highest BCUT2D eigenvalue weighted by atomic mass is 19.1. The molecule has 1 aliphatic heterocycles. The van der Waals surface area contributed by atoms with Crippen molar-refractivity contribution in [1.82, 2.24) is 10.2 Å². The van der Waals surface area contributed by atoms with E-state index in [9.17, 15) is 9.18 Å². The van der Waals surface area contributed by atoms with Crippen molar-refractivity contribution in [3.63, 3.8) is 0 Å². The number of amides is 1. The molecular formula is C18H26FN3O2. The number of carbonyl (C=O) groups is 1. The first-order valence-corrected chi connectivity index (χ1v) is 9.16. The Bertz CT molecular complexity index is 559. The molecule has 6 atom stereocenters. The smallest absolute Gasteiger partial charge is 0.237 e. The van der Waals surface area contributed by atoms with Crippen LogP contribution in [0, 0.1) is 28.6 Å². The fourth-order valence-electron chi connectivity index (χ4n) is 5.67. The second-order valence-corrected chi connectivity index (χ2v) is 8.12. The van der Waals surface area contributed by atoms with Gasteiger partial charge in [0.15, 0.2) is 0 Å². The van der Waals surface area contributed by atoms with E-state index in [2.05, 4.69) is 5.32 Å². The van der Waals surface area contributed by atoms with Crippen LogP contribution in [-0.2, 0) is 9.53 Å². The molecule has 1 unspecified atom stereocenters. The van der Waals surface area contributed by atoms with Crippen LogP contribution in [0.4, 0.5) is 4.39 Å². The van der Waals surface area contributed by atoms with Crippen LogP contribution in [0.1, 0.15) is 38.5 Å². The highest BCUT2D eigenvalue weighted by Gasteiger charge is 2.63. The van der Waals surface area contributed by atoms with E-state index in [0.29, 0.717) is 23.5 Å². The van der Waals surface area contributed by atoms with E-state index in [1.807, 2.05) is 6.07 Å². The van der Waals surface area contributed by atoms with Gasteiger partial charge in [-0.05, 0) is 49.4 Å². The third kappa shape index (κ3) is 2.53. The molecule has 0 aromatic heterocycles. The number of rotatable bonds is 4. The van der Waals surface area contributed by atoms with Gasteiger partial charge in [-0.25, -0.2) is 4.39 Å². The van der Waals surface area contributed by atoms with Gasteiger partial charge in [0.25, 0.3) is 0 Å². The molecule has 1 heterocycles. The molecule has 0 bridgehead atoms. The summed E-state index contributed by atoms with van der Waals surface area (Å²) in [6.07, 6.45) is 5.39. The summed E-state index contributed by atoms with van der Waals surface area (Å²) in [7, 11) is 1.81. The summed E-state index contributed by atoms with van der Waals surface area (Å²) in [4.78, 5) is 13.8. The van der Waals surface area contributed by atoms with E-state index in [1.165, 1.54) is 17.7 Å². The maximum Gasteiger partial charge on any atom is 0.237 e. The van der Waals surface area contributed by atoms with Crippen LogP contribution in [0.3, 0.4) is 0 Å². The predicted octanol–water partition coefficient (Wildman–Crippen LogP) is 1.63. The lowest BCUT2D eigenvalue weighted by Crippen LogP contribution is -2.45. The summed E-state index contributed by atoms with van der Waals surface area (Å²) in [6, 6.07) is 1.83. The number of ether oxygens (including phenoxy) is 1. The summed E-state index contributed by atoms with van der Waals surface area (Å²) >= 11 is 0. The Hall–Kier alpha value is -1.19. The number of nitriles is 1. The number of hydrogen-bond acceptors (Lipinski definition) is 4. The molecule has 4 aliphatic rings. The number of nitrogens with one attached hydrogen (secondary N) is 1. The van der Waals surface area contributed by atoms with Gasteiger partial charge in [-0.1, -0.05) is 0 Å². The number of hydrogen-bond donors (Lipinski definition) is 1. The Kier molecular flexibility index (Phi) is 4.04. The number of carbonyl (C=O) groups excluding carboxylic acids is 1. The Labute approximate surface area is 142 Å². The second-order valence-electron chi connectivity index (χ2n) is 8.12. The molecule has 1 saturated heterocycles. The third-order valence-electron chi connectivity index (χ3n) is 7.00. The van der Waals surface area contributed by atoms with Crippen molar-refractivity contribution in [1.29, 1.82) is 5.26 Å². The number of likely N-dealkylation sites (tertiary alicyclic amines) is 1. The molecule has 0 aromatic carbocycles. The first-order valence-electron chi connectivity index (χ1n) is 9.16. The minimum absolute atomic E-state index is 0.0648. The molecule has 3 aliphatic carbocycles. The normalized spacial score (nSPS) is 42.3. The van der Waals surface area contributed by atoms with E-state index in [1.54, 1.807) is 7.11 Å². The van der Waals surface area contributed by atoms with Gasteiger partial charge in [0.05, 0.1) is 25.3 Å². The predicted molar refractivity (Wildman–Crippen MR) is 85.7 cm³/mol. The van der Waals surface area contributed by atoms with Crippen LogP contribution in [0.25, 0.3) is 0 Å². The van der Waals surface area contributed by atoms with Gasteiger partial charge in [-0.2, -0.15) is 5.26 Å².